The van der Waals surface area contributed by atoms with Crippen molar-refractivity contribution in [3.63, 3.8) is 0 Å². The van der Waals surface area contributed by atoms with Crippen molar-refractivity contribution in [3.05, 3.63) is 25.3 Å². The first kappa shape index (κ1) is 12.5. The molecule has 0 unspecified atom stereocenters. The lowest BCUT2D eigenvalue weighted by molar-refractivity contribution is 0.118. The molecule has 0 aliphatic heterocycles. The van der Waals surface area contributed by atoms with E-state index in [0.29, 0.717) is 17.3 Å². The Balaban J connectivity index is 4.78. The van der Waals surface area contributed by atoms with Crippen LogP contribution >= 0.6 is 0 Å². The van der Waals surface area contributed by atoms with Crippen LogP contribution < -0.4 is 0 Å². The molecular formula is C13H24. The fourth-order valence-corrected chi connectivity index (χ4v) is 2.23. The SMILES string of the molecule is C=CCC(CC=C)(C(C)C)C(C)C. The summed E-state index contributed by atoms with van der Waals surface area (Å²) >= 11 is 0. The molecule has 76 valence electrons. The molecule has 0 spiro atoms. The fourth-order valence-electron chi connectivity index (χ4n) is 2.23. The zero-order valence-electron chi connectivity index (χ0n) is 9.64. The molecule has 0 atom stereocenters. The van der Waals surface area contributed by atoms with Crippen LogP contribution in [0.5, 0.6) is 0 Å². The van der Waals surface area contributed by atoms with Crippen molar-refractivity contribution in [1.82, 2.24) is 0 Å². The molecule has 0 N–H and O–H groups in total. The van der Waals surface area contributed by atoms with Gasteiger partial charge in [-0.1, -0.05) is 39.8 Å². The van der Waals surface area contributed by atoms with Crippen molar-refractivity contribution in [2.75, 3.05) is 0 Å². The summed E-state index contributed by atoms with van der Waals surface area (Å²) in [5.41, 5.74) is 0.365. The molecular weight excluding hydrogens is 156 g/mol. The van der Waals surface area contributed by atoms with Gasteiger partial charge >= 0.3 is 0 Å². The Bertz CT molecular complexity index is 143. The van der Waals surface area contributed by atoms with E-state index in [1.54, 1.807) is 0 Å². The van der Waals surface area contributed by atoms with Crippen LogP contribution in [-0.2, 0) is 0 Å². The maximum atomic E-state index is 3.86. The van der Waals surface area contributed by atoms with Gasteiger partial charge in [0.25, 0.3) is 0 Å². The Morgan fingerprint density at radius 3 is 1.38 bits per heavy atom. The summed E-state index contributed by atoms with van der Waals surface area (Å²) in [6.45, 7) is 16.9. The minimum atomic E-state index is 0.365. The average Bonchev–Trinajstić information content (AvgIpc) is 2.03. The van der Waals surface area contributed by atoms with E-state index in [4.69, 9.17) is 0 Å². The highest BCUT2D eigenvalue weighted by molar-refractivity contribution is 4.95. The summed E-state index contributed by atoms with van der Waals surface area (Å²) in [7, 11) is 0. The van der Waals surface area contributed by atoms with E-state index in [9.17, 15) is 0 Å². The zero-order chi connectivity index (χ0) is 10.5. The fraction of sp³-hybridized carbons (Fsp3) is 0.692. The van der Waals surface area contributed by atoms with E-state index in [0.717, 1.165) is 12.8 Å². The van der Waals surface area contributed by atoms with Crippen LogP contribution in [0.1, 0.15) is 40.5 Å². The maximum Gasteiger partial charge on any atom is -0.0183 e. The third-order valence-corrected chi connectivity index (χ3v) is 3.35. The van der Waals surface area contributed by atoms with E-state index < -0.39 is 0 Å². The Kier molecular flexibility index (Phi) is 5.05. The van der Waals surface area contributed by atoms with Crippen molar-refractivity contribution in [2.24, 2.45) is 17.3 Å². The largest absolute Gasteiger partial charge is 0.103 e. The van der Waals surface area contributed by atoms with E-state index >= 15 is 0 Å². The maximum absolute atomic E-state index is 3.86. The molecule has 0 heterocycles. The molecule has 13 heavy (non-hydrogen) atoms. The minimum Gasteiger partial charge on any atom is -0.103 e. The predicted molar refractivity (Wildman–Crippen MR) is 61.7 cm³/mol. The summed E-state index contributed by atoms with van der Waals surface area (Å²) < 4.78 is 0. The van der Waals surface area contributed by atoms with Crippen molar-refractivity contribution >= 4 is 0 Å². The molecule has 0 aromatic rings. The summed E-state index contributed by atoms with van der Waals surface area (Å²) in [6.07, 6.45) is 6.27. The summed E-state index contributed by atoms with van der Waals surface area (Å²) in [5, 5.41) is 0. The van der Waals surface area contributed by atoms with Crippen molar-refractivity contribution in [3.8, 4) is 0 Å². The Hall–Kier alpha value is -0.520. The first-order valence-electron chi connectivity index (χ1n) is 5.23. The second-order valence-electron chi connectivity index (χ2n) is 4.53. The van der Waals surface area contributed by atoms with E-state index in [2.05, 4.69) is 40.9 Å². The summed E-state index contributed by atoms with van der Waals surface area (Å²) in [4.78, 5) is 0. The van der Waals surface area contributed by atoms with Crippen LogP contribution in [0.2, 0.25) is 0 Å². The highest BCUT2D eigenvalue weighted by Gasteiger charge is 2.34. The highest BCUT2D eigenvalue weighted by atomic mass is 14.4. The molecule has 0 bridgehead atoms. The third-order valence-electron chi connectivity index (χ3n) is 3.35. The van der Waals surface area contributed by atoms with Gasteiger partial charge in [-0.05, 0) is 30.1 Å². The molecule has 0 rings (SSSR count). The first-order valence-corrected chi connectivity index (χ1v) is 5.23. The molecule has 0 fully saturated rings. The molecule has 0 radical (unpaired) electrons. The lowest BCUT2D eigenvalue weighted by Gasteiger charge is -2.40. The molecule has 0 aromatic carbocycles. The smallest absolute Gasteiger partial charge is 0.0183 e. The lowest BCUT2D eigenvalue weighted by atomic mass is 9.65. The molecule has 0 amide bonds. The number of hydrogen-bond donors (Lipinski definition) is 0. The van der Waals surface area contributed by atoms with Crippen molar-refractivity contribution in [2.45, 2.75) is 40.5 Å². The second kappa shape index (κ2) is 5.26. The first-order chi connectivity index (χ1) is 6.01. The van der Waals surface area contributed by atoms with Crippen molar-refractivity contribution < 1.29 is 0 Å². The second-order valence-corrected chi connectivity index (χ2v) is 4.53. The lowest BCUT2D eigenvalue weighted by Crippen LogP contribution is -2.32. The summed E-state index contributed by atoms with van der Waals surface area (Å²) in [5.74, 6) is 1.37. The minimum absolute atomic E-state index is 0.365. The van der Waals surface area contributed by atoms with E-state index in [-0.39, 0.29) is 0 Å². The van der Waals surface area contributed by atoms with Gasteiger partial charge in [-0.25, -0.2) is 0 Å². The molecule has 0 aliphatic carbocycles. The number of allylic oxidation sites excluding steroid dienone is 2. The number of hydrogen-bond acceptors (Lipinski definition) is 0. The summed E-state index contributed by atoms with van der Waals surface area (Å²) in [6, 6.07) is 0. The van der Waals surface area contributed by atoms with Gasteiger partial charge in [-0.15, -0.1) is 13.2 Å². The topological polar surface area (TPSA) is 0 Å². The normalized spacial score (nSPS) is 12.2. The van der Waals surface area contributed by atoms with E-state index in [1.807, 2.05) is 12.2 Å². The average molecular weight is 180 g/mol. The molecule has 0 heteroatoms. The Morgan fingerprint density at radius 1 is 0.923 bits per heavy atom. The van der Waals surface area contributed by atoms with Gasteiger partial charge in [-0.2, -0.15) is 0 Å². The van der Waals surface area contributed by atoms with Gasteiger partial charge in [-0.3, -0.25) is 0 Å². The van der Waals surface area contributed by atoms with Crippen LogP contribution in [0, 0.1) is 17.3 Å². The van der Waals surface area contributed by atoms with Crippen LogP contribution in [0.3, 0.4) is 0 Å². The van der Waals surface area contributed by atoms with Crippen LogP contribution in [0.25, 0.3) is 0 Å². The zero-order valence-corrected chi connectivity index (χ0v) is 9.64. The predicted octanol–water partition coefficient (Wildman–Crippen LogP) is 4.44. The van der Waals surface area contributed by atoms with Gasteiger partial charge in [0, 0.05) is 0 Å². The van der Waals surface area contributed by atoms with E-state index in [1.165, 1.54) is 0 Å². The van der Waals surface area contributed by atoms with Gasteiger partial charge in [0.05, 0.1) is 0 Å². The molecule has 0 saturated heterocycles. The van der Waals surface area contributed by atoms with Gasteiger partial charge in [0.15, 0.2) is 0 Å². The number of rotatable bonds is 6. The quantitative estimate of drug-likeness (QED) is 0.530. The molecule has 0 aliphatic rings. The molecule has 0 saturated carbocycles. The molecule has 0 aromatic heterocycles. The van der Waals surface area contributed by atoms with Gasteiger partial charge < -0.3 is 0 Å². The van der Waals surface area contributed by atoms with Crippen LogP contribution in [0.15, 0.2) is 25.3 Å². The van der Waals surface area contributed by atoms with Gasteiger partial charge in [0.2, 0.25) is 0 Å². The van der Waals surface area contributed by atoms with Crippen LogP contribution in [0.4, 0.5) is 0 Å². The third kappa shape index (κ3) is 2.72. The van der Waals surface area contributed by atoms with Gasteiger partial charge in [0.1, 0.15) is 0 Å². The Labute approximate surface area is 83.7 Å². The van der Waals surface area contributed by atoms with Crippen molar-refractivity contribution in [1.29, 1.82) is 0 Å². The standard InChI is InChI=1S/C13H24/c1-7-9-13(10-8-2,11(3)4)12(5)6/h7-8,11-12H,1-2,9-10H2,3-6H3. The van der Waals surface area contributed by atoms with Crippen LogP contribution in [-0.4, -0.2) is 0 Å². The monoisotopic (exact) mass is 180 g/mol. The Morgan fingerprint density at radius 2 is 1.23 bits per heavy atom. The molecule has 0 nitrogen and oxygen atoms in total. The highest BCUT2D eigenvalue weighted by Crippen LogP contribution is 2.43.